The average Bonchev–Trinajstić information content (AvgIpc) is 3.14. The van der Waals surface area contributed by atoms with E-state index in [1.165, 1.54) is 20.0 Å². The first kappa shape index (κ1) is 11.7. The molecule has 0 aliphatic heterocycles. The number of ether oxygens (including phenoxy) is 1. The van der Waals surface area contributed by atoms with E-state index in [1.807, 2.05) is 16.8 Å². The maximum absolute atomic E-state index is 11.5. The van der Waals surface area contributed by atoms with Crippen LogP contribution in [0.1, 0.15) is 23.2 Å². The summed E-state index contributed by atoms with van der Waals surface area (Å²) in [7, 11) is 1.39. The molecule has 1 aliphatic rings. The predicted octanol–water partition coefficient (Wildman–Crippen LogP) is 3.00. The highest BCUT2D eigenvalue weighted by Gasteiger charge is 2.23. The molecule has 2 aromatic rings. The van der Waals surface area contributed by atoms with E-state index in [4.69, 9.17) is 4.74 Å². The minimum absolute atomic E-state index is 0.313. The molecule has 0 bridgehead atoms. The summed E-state index contributed by atoms with van der Waals surface area (Å²) in [5.41, 5.74) is 1.55. The normalized spacial score (nSPS) is 15.0. The van der Waals surface area contributed by atoms with Crippen LogP contribution in [-0.4, -0.2) is 22.9 Å². The lowest BCUT2D eigenvalue weighted by atomic mass is 10.1. The van der Waals surface area contributed by atoms with Crippen molar-refractivity contribution in [3.8, 4) is 0 Å². The number of carbonyl (C=O) groups is 1. The number of halogens is 1. The zero-order valence-electron chi connectivity index (χ0n) is 10.0. The highest BCUT2D eigenvalue weighted by Crippen LogP contribution is 2.33. The number of methoxy groups -OCH3 is 1. The summed E-state index contributed by atoms with van der Waals surface area (Å²) in [5.74, 6) is 0.425. The van der Waals surface area contributed by atoms with Crippen LogP contribution in [0.3, 0.4) is 0 Å². The number of rotatable bonds is 3. The molecule has 1 aromatic heterocycles. The van der Waals surface area contributed by atoms with Crippen LogP contribution in [0.5, 0.6) is 0 Å². The Morgan fingerprint density at radius 1 is 1.56 bits per heavy atom. The van der Waals surface area contributed by atoms with E-state index in [9.17, 15) is 4.79 Å². The van der Waals surface area contributed by atoms with Crippen molar-refractivity contribution in [2.45, 2.75) is 19.4 Å². The number of hydrogen-bond donors (Lipinski definition) is 0. The minimum Gasteiger partial charge on any atom is -0.465 e. The van der Waals surface area contributed by atoms with Gasteiger partial charge < -0.3 is 4.74 Å². The van der Waals surface area contributed by atoms with Gasteiger partial charge in [-0.15, -0.1) is 0 Å². The number of aromatic nitrogens is 2. The van der Waals surface area contributed by atoms with E-state index in [0.29, 0.717) is 5.56 Å². The highest BCUT2D eigenvalue weighted by molar-refractivity contribution is 9.10. The number of fused-ring (bicyclic) bond motifs is 1. The molecule has 94 valence electrons. The Bertz CT molecular complexity index is 617. The van der Waals surface area contributed by atoms with Crippen molar-refractivity contribution in [1.29, 1.82) is 0 Å². The van der Waals surface area contributed by atoms with Crippen LogP contribution in [0.25, 0.3) is 10.9 Å². The van der Waals surface area contributed by atoms with E-state index in [0.717, 1.165) is 28.0 Å². The molecule has 0 amide bonds. The molecular weight excluding hydrogens is 296 g/mol. The first-order valence-corrected chi connectivity index (χ1v) is 6.72. The number of benzene rings is 1. The van der Waals surface area contributed by atoms with E-state index in [2.05, 4.69) is 21.0 Å². The summed E-state index contributed by atoms with van der Waals surface area (Å²) in [6.07, 6.45) is 2.55. The molecule has 0 atom stereocenters. The Morgan fingerprint density at radius 2 is 2.33 bits per heavy atom. The Morgan fingerprint density at radius 3 is 3.00 bits per heavy atom. The maximum atomic E-state index is 11.5. The number of hydrogen-bond acceptors (Lipinski definition) is 3. The number of nitrogens with zero attached hydrogens (tertiary/aromatic N) is 2. The van der Waals surface area contributed by atoms with E-state index in [1.54, 1.807) is 6.07 Å². The fourth-order valence-electron chi connectivity index (χ4n) is 2.06. The van der Waals surface area contributed by atoms with Gasteiger partial charge in [0.2, 0.25) is 0 Å². The van der Waals surface area contributed by atoms with Crippen molar-refractivity contribution in [2.75, 3.05) is 7.11 Å². The van der Waals surface area contributed by atoms with Crippen LogP contribution < -0.4 is 0 Å². The molecule has 1 fully saturated rings. The zero-order valence-corrected chi connectivity index (χ0v) is 11.6. The lowest BCUT2D eigenvalue weighted by Crippen LogP contribution is -2.04. The molecule has 0 saturated heterocycles. The zero-order chi connectivity index (χ0) is 12.7. The first-order chi connectivity index (χ1) is 8.69. The van der Waals surface area contributed by atoms with Crippen LogP contribution in [-0.2, 0) is 11.3 Å². The second-order valence-corrected chi connectivity index (χ2v) is 5.39. The molecule has 0 radical (unpaired) electrons. The summed E-state index contributed by atoms with van der Waals surface area (Å²) < 4.78 is 7.55. The predicted molar refractivity (Wildman–Crippen MR) is 71.5 cm³/mol. The average molecular weight is 309 g/mol. The van der Waals surface area contributed by atoms with Gasteiger partial charge in [-0.1, -0.05) is 0 Å². The van der Waals surface area contributed by atoms with Crippen molar-refractivity contribution < 1.29 is 9.53 Å². The SMILES string of the molecule is COC(=O)c1ccc2c(Br)nn(CC3CC3)c2c1. The number of carbonyl (C=O) groups excluding carboxylic acids is 1. The van der Waals surface area contributed by atoms with E-state index >= 15 is 0 Å². The molecule has 1 saturated carbocycles. The molecule has 4 nitrogen and oxygen atoms in total. The van der Waals surface area contributed by atoms with Gasteiger partial charge in [0, 0.05) is 11.9 Å². The Kier molecular flexibility index (Phi) is 2.86. The van der Waals surface area contributed by atoms with Crippen LogP contribution in [0.4, 0.5) is 0 Å². The third kappa shape index (κ3) is 2.03. The topological polar surface area (TPSA) is 44.1 Å². The van der Waals surface area contributed by atoms with Crippen molar-refractivity contribution in [2.24, 2.45) is 5.92 Å². The molecule has 1 heterocycles. The molecule has 1 aromatic carbocycles. The second-order valence-electron chi connectivity index (χ2n) is 4.64. The molecule has 0 N–H and O–H groups in total. The molecule has 0 unspecified atom stereocenters. The lowest BCUT2D eigenvalue weighted by molar-refractivity contribution is 0.0601. The smallest absolute Gasteiger partial charge is 0.337 e. The lowest BCUT2D eigenvalue weighted by Gasteiger charge is -2.03. The molecular formula is C13H13BrN2O2. The molecule has 1 aliphatic carbocycles. The maximum Gasteiger partial charge on any atom is 0.337 e. The fourth-order valence-corrected chi connectivity index (χ4v) is 2.59. The Balaban J connectivity index is 2.08. The quantitative estimate of drug-likeness (QED) is 0.819. The van der Waals surface area contributed by atoms with Gasteiger partial charge >= 0.3 is 5.97 Å². The van der Waals surface area contributed by atoms with Crippen molar-refractivity contribution in [1.82, 2.24) is 9.78 Å². The summed E-state index contributed by atoms with van der Waals surface area (Å²) >= 11 is 3.46. The Labute approximate surface area is 113 Å². The molecule has 5 heteroatoms. The summed E-state index contributed by atoms with van der Waals surface area (Å²) in [6, 6.07) is 5.52. The van der Waals surface area contributed by atoms with Gasteiger partial charge in [-0.25, -0.2) is 4.79 Å². The standard InChI is InChI=1S/C13H13BrN2O2/c1-18-13(17)9-4-5-10-11(6-9)16(15-12(10)14)7-8-2-3-8/h4-6,8H,2-3,7H2,1H3. The van der Waals surface area contributed by atoms with Gasteiger partial charge in [0.15, 0.2) is 0 Å². The van der Waals surface area contributed by atoms with Gasteiger partial charge in [-0.2, -0.15) is 5.10 Å². The fraction of sp³-hybridized carbons (Fsp3) is 0.385. The van der Waals surface area contributed by atoms with Crippen molar-refractivity contribution >= 4 is 32.8 Å². The largest absolute Gasteiger partial charge is 0.465 e. The van der Waals surface area contributed by atoms with E-state index < -0.39 is 0 Å². The third-order valence-corrected chi connectivity index (χ3v) is 3.84. The minimum atomic E-state index is -0.313. The summed E-state index contributed by atoms with van der Waals surface area (Å²) in [6.45, 7) is 0.923. The van der Waals surface area contributed by atoms with Crippen molar-refractivity contribution in [3.63, 3.8) is 0 Å². The van der Waals surface area contributed by atoms with Gasteiger partial charge in [0.25, 0.3) is 0 Å². The number of esters is 1. The van der Waals surface area contributed by atoms with Gasteiger partial charge in [0.05, 0.1) is 18.2 Å². The highest BCUT2D eigenvalue weighted by atomic mass is 79.9. The molecule has 3 rings (SSSR count). The van der Waals surface area contributed by atoms with E-state index in [-0.39, 0.29) is 5.97 Å². The Hall–Kier alpha value is -1.36. The third-order valence-electron chi connectivity index (χ3n) is 3.26. The van der Waals surface area contributed by atoms with Crippen LogP contribution in [0, 0.1) is 5.92 Å². The summed E-state index contributed by atoms with van der Waals surface area (Å²) in [5, 5.41) is 5.51. The summed E-state index contributed by atoms with van der Waals surface area (Å²) in [4.78, 5) is 11.5. The first-order valence-electron chi connectivity index (χ1n) is 5.93. The molecule has 18 heavy (non-hydrogen) atoms. The van der Waals surface area contributed by atoms with Crippen LogP contribution in [0.15, 0.2) is 22.8 Å². The van der Waals surface area contributed by atoms with Crippen molar-refractivity contribution in [3.05, 3.63) is 28.4 Å². The van der Waals surface area contributed by atoms with Crippen LogP contribution >= 0.6 is 15.9 Å². The van der Waals surface area contributed by atoms with Gasteiger partial charge in [-0.05, 0) is 52.9 Å². The van der Waals surface area contributed by atoms with Crippen LogP contribution in [0.2, 0.25) is 0 Å². The molecule has 0 spiro atoms. The second kappa shape index (κ2) is 4.39. The monoisotopic (exact) mass is 308 g/mol. The van der Waals surface area contributed by atoms with Gasteiger partial charge in [0.1, 0.15) is 4.60 Å². The van der Waals surface area contributed by atoms with Gasteiger partial charge in [-0.3, -0.25) is 4.68 Å².